The molecule has 4 heteroatoms. The van der Waals surface area contributed by atoms with E-state index in [2.05, 4.69) is 0 Å². The van der Waals surface area contributed by atoms with Crippen molar-refractivity contribution in [1.82, 2.24) is 0 Å². The van der Waals surface area contributed by atoms with E-state index in [9.17, 15) is 8.42 Å². The molecule has 0 aromatic carbocycles. The van der Waals surface area contributed by atoms with Crippen LogP contribution >= 0.6 is 8.44 Å². The molecule has 7 heavy (non-hydrogen) atoms. The van der Waals surface area contributed by atoms with Crippen molar-refractivity contribution >= 4 is 17.9 Å². The fourth-order valence-electron chi connectivity index (χ4n) is 0. The topological polar surface area (TPSA) is 34.1 Å². The van der Waals surface area contributed by atoms with Crippen molar-refractivity contribution in [3.05, 3.63) is 0 Å². The van der Waals surface area contributed by atoms with Gasteiger partial charge in [-0.1, -0.05) is 0 Å². The van der Waals surface area contributed by atoms with Gasteiger partial charge in [-0.25, -0.2) is 8.42 Å². The van der Waals surface area contributed by atoms with E-state index in [1.807, 2.05) is 0 Å². The first-order valence-electron chi connectivity index (χ1n) is 1.96. The molecular formula is C3H9O2PS. The lowest BCUT2D eigenvalue weighted by atomic mass is 10.6. The second-order valence-corrected chi connectivity index (χ2v) is 5.73. The molecule has 0 aromatic heterocycles. The van der Waals surface area contributed by atoms with E-state index in [1.54, 1.807) is 22.3 Å². The molecule has 0 saturated heterocycles. The standard InChI is InChI=1S/C3H9O2PS/c1-3(2)7(4,5)6/h3H,6H2,1-2H3. The zero-order chi connectivity index (χ0) is 6.08. The van der Waals surface area contributed by atoms with Crippen LogP contribution in [0.2, 0.25) is 0 Å². The van der Waals surface area contributed by atoms with Crippen LogP contribution in [0.3, 0.4) is 0 Å². The van der Waals surface area contributed by atoms with Gasteiger partial charge in [-0.3, -0.25) is 0 Å². The highest BCUT2D eigenvalue weighted by molar-refractivity contribution is 8.37. The highest BCUT2D eigenvalue weighted by Gasteiger charge is 2.05. The minimum Gasteiger partial charge on any atom is -0.225 e. The highest BCUT2D eigenvalue weighted by Crippen LogP contribution is 2.07. The second-order valence-electron chi connectivity index (χ2n) is 1.64. The molecule has 0 aliphatic carbocycles. The smallest absolute Gasteiger partial charge is 0.163 e. The Balaban J connectivity index is 4.10. The van der Waals surface area contributed by atoms with Gasteiger partial charge >= 0.3 is 0 Å². The molecule has 0 aromatic rings. The van der Waals surface area contributed by atoms with Gasteiger partial charge in [-0.05, 0) is 22.3 Å². The molecule has 0 rings (SSSR count). The van der Waals surface area contributed by atoms with E-state index >= 15 is 0 Å². The van der Waals surface area contributed by atoms with Crippen molar-refractivity contribution in [1.29, 1.82) is 0 Å². The molecule has 1 atom stereocenters. The van der Waals surface area contributed by atoms with Crippen molar-refractivity contribution in [3.8, 4) is 0 Å². The Bertz CT molecular complexity index is 135. The van der Waals surface area contributed by atoms with Gasteiger partial charge in [0, 0.05) is 0 Å². The van der Waals surface area contributed by atoms with Crippen molar-refractivity contribution in [3.63, 3.8) is 0 Å². The number of hydrogen-bond donors (Lipinski definition) is 0. The van der Waals surface area contributed by atoms with Crippen molar-refractivity contribution in [2.75, 3.05) is 0 Å². The molecule has 1 unspecified atom stereocenters. The zero-order valence-electron chi connectivity index (χ0n) is 4.38. The van der Waals surface area contributed by atoms with E-state index in [4.69, 9.17) is 0 Å². The van der Waals surface area contributed by atoms with Crippen LogP contribution in [0, 0.1) is 0 Å². The summed E-state index contributed by atoms with van der Waals surface area (Å²) < 4.78 is 20.6. The Labute approximate surface area is 46.2 Å². The average molecular weight is 140 g/mol. The van der Waals surface area contributed by atoms with E-state index in [0.717, 1.165) is 0 Å². The van der Waals surface area contributed by atoms with Gasteiger partial charge in [0.1, 0.15) is 0 Å². The van der Waals surface area contributed by atoms with Crippen molar-refractivity contribution in [2.24, 2.45) is 0 Å². The van der Waals surface area contributed by atoms with Gasteiger partial charge in [-0.2, -0.15) is 0 Å². The van der Waals surface area contributed by atoms with Crippen LogP contribution in [0.15, 0.2) is 0 Å². The lowest BCUT2D eigenvalue weighted by Crippen LogP contribution is -2.03. The minimum atomic E-state index is -2.82. The summed E-state index contributed by atoms with van der Waals surface area (Å²) in [6, 6.07) is 0. The summed E-state index contributed by atoms with van der Waals surface area (Å²) in [6.07, 6.45) is 0. The number of hydrogen-bond acceptors (Lipinski definition) is 2. The lowest BCUT2D eigenvalue weighted by molar-refractivity contribution is 0.602. The quantitative estimate of drug-likeness (QED) is 0.500. The molecule has 0 radical (unpaired) electrons. The molecular weight excluding hydrogens is 131 g/mol. The van der Waals surface area contributed by atoms with Crippen LogP contribution < -0.4 is 0 Å². The average Bonchev–Trinajstić information content (AvgIpc) is 1.31. The van der Waals surface area contributed by atoms with E-state index in [-0.39, 0.29) is 5.25 Å². The third kappa shape index (κ3) is 3.01. The summed E-state index contributed by atoms with van der Waals surface area (Å²) in [4.78, 5) is 0. The van der Waals surface area contributed by atoms with E-state index in [1.165, 1.54) is 0 Å². The first-order chi connectivity index (χ1) is 2.94. The van der Waals surface area contributed by atoms with Crippen LogP contribution in [-0.4, -0.2) is 13.7 Å². The normalized spacial score (nSPS) is 12.6. The predicted molar refractivity (Wildman–Crippen MR) is 33.8 cm³/mol. The van der Waals surface area contributed by atoms with Crippen molar-refractivity contribution < 1.29 is 8.42 Å². The summed E-state index contributed by atoms with van der Waals surface area (Å²) in [5.41, 5.74) is 0. The van der Waals surface area contributed by atoms with E-state index in [0.29, 0.717) is 0 Å². The Kier molecular flexibility index (Phi) is 2.21. The highest BCUT2D eigenvalue weighted by atomic mass is 32.7. The van der Waals surface area contributed by atoms with Crippen LogP contribution in [0.4, 0.5) is 0 Å². The maximum Gasteiger partial charge on any atom is 0.163 e. The maximum atomic E-state index is 10.3. The van der Waals surface area contributed by atoms with Crippen LogP contribution in [0.5, 0.6) is 0 Å². The second kappa shape index (κ2) is 2.10. The van der Waals surface area contributed by atoms with Gasteiger partial charge in [0.2, 0.25) is 0 Å². The Morgan fingerprint density at radius 3 is 1.57 bits per heavy atom. The first-order valence-corrected chi connectivity index (χ1v) is 4.98. The van der Waals surface area contributed by atoms with Gasteiger partial charge < -0.3 is 0 Å². The summed E-state index contributed by atoms with van der Waals surface area (Å²) in [5.74, 6) is 0. The predicted octanol–water partition coefficient (Wildman–Crippen LogP) is 0.600. The Morgan fingerprint density at radius 2 is 1.57 bits per heavy atom. The van der Waals surface area contributed by atoms with Crippen LogP contribution in [0.1, 0.15) is 13.8 Å². The summed E-state index contributed by atoms with van der Waals surface area (Å²) >= 11 is 0. The fourth-order valence-corrected chi connectivity index (χ4v) is 0. The van der Waals surface area contributed by atoms with Gasteiger partial charge in [0.15, 0.2) is 9.46 Å². The molecule has 0 bridgehead atoms. The minimum absolute atomic E-state index is 0.266. The van der Waals surface area contributed by atoms with Gasteiger partial charge in [0.05, 0.1) is 5.25 Å². The van der Waals surface area contributed by atoms with Crippen molar-refractivity contribution in [2.45, 2.75) is 19.1 Å². The van der Waals surface area contributed by atoms with Crippen LogP contribution in [-0.2, 0) is 9.46 Å². The largest absolute Gasteiger partial charge is 0.225 e. The maximum absolute atomic E-state index is 10.3. The first kappa shape index (κ1) is 7.38. The zero-order valence-corrected chi connectivity index (χ0v) is 6.35. The molecule has 0 fully saturated rings. The monoisotopic (exact) mass is 140 g/mol. The lowest BCUT2D eigenvalue weighted by Gasteiger charge is -1.96. The molecule has 0 amide bonds. The third-order valence-electron chi connectivity index (χ3n) is 0.657. The summed E-state index contributed by atoms with van der Waals surface area (Å²) in [5, 5.41) is -0.266. The fraction of sp³-hybridized carbons (Fsp3) is 1.00. The SMILES string of the molecule is CC(C)S(=O)(=O)P. The molecule has 0 N–H and O–H groups in total. The van der Waals surface area contributed by atoms with Gasteiger partial charge in [0.25, 0.3) is 0 Å². The van der Waals surface area contributed by atoms with Gasteiger partial charge in [-0.15, -0.1) is 0 Å². The third-order valence-corrected chi connectivity index (χ3v) is 3.60. The molecule has 0 aliphatic heterocycles. The molecule has 0 spiro atoms. The molecule has 44 valence electrons. The molecule has 0 saturated carbocycles. The Morgan fingerprint density at radius 1 is 1.43 bits per heavy atom. The molecule has 2 nitrogen and oxygen atoms in total. The molecule has 0 heterocycles. The Hall–Kier alpha value is 0.380. The van der Waals surface area contributed by atoms with Crippen LogP contribution in [0.25, 0.3) is 0 Å². The molecule has 0 aliphatic rings. The summed E-state index contributed by atoms with van der Waals surface area (Å²) in [6.45, 7) is 3.28. The summed E-state index contributed by atoms with van der Waals surface area (Å²) in [7, 11) is -1.02. The number of rotatable bonds is 1. The van der Waals surface area contributed by atoms with E-state index < -0.39 is 9.46 Å².